The molecule has 0 saturated heterocycles. The zero-order valence-corrected chi connectivity index (χ0v) is 19.4. The minimum Gasteiger partial charge on any atom is -0.497 e. The van der Waals surface area contributed by atoms with Gasteiger partial charge in [-0.2, -0.15) is 0 Å². The summed E-state index contributed by atoms with van der Waals surface area (Å²) in [5, 5.41) is 21.7. The molecule has 2 aromatic carbocycles. The molecule has 1 amide bonds. The quantitative estimate of drug-likeness (QED) is 0.303. The van der Waals surface area contributed by atoms with Gasteiger partial charge < -0.3 is 19.9 Å². The number of rotatable bonds is 6. The first-order valence-electron chi connectivity index (χ1n) is 10.2. The van der Waals surface area contributed by atoms with Crippen LogP contribution in [0.15, 0.2) is 70.4 Å². The molecule has 0 bridgehead atoms. The fourth-order valence-electron chi connectivity index (χ4n) is 3.82. The highest BCUT2D eigenvalue weighted by atomic mass is 32.1. The first-order chi connectivity index (χ1) is 16.3. The Morgan fingerprint density at radius 3 is 2.56 bits per heavy atom. The van der Waals surface area contributed by atoms with E-state index in [2.05, 4.69) is 15.8 Å². The van der Waals surface area contributed by atoms with Crippen LogP contribution in [0.3, 0.4) is 0 Å². The molecule has 0 spiro atoms. The van der Waals surface area contributed by atoms with Crippen molar-refractivity contribution < 1.29 is 19.0 Å². The number of nitro groups is 1. The molecule has 2 heterocycles. The molecule has 0 unspecified atom stereocenters. The number of anilines is 2. The lowest BCUT2D eigenvalue weighted by Gasteiger charge is -2.37. The molecule has 0 saturated carbocycles. The third-order valence-corrected chi connectivity index (χ3v) is 5.67. The maximum atomic E-state index is 13.5. The van der Waals surface area contributed by atoms with Gasteiger partial charge in [0.15, 0.2) is 10.9 Å². The van der Waals surface area contributed by atoms with Crippen LogP contribution < -0.4 is 20.3 Å². The Morgan fingerprint density at radius 2 is 1.94 bits per heavy atom. The molecule has 0 radical (unpaired) electrons. The summed E-state index contributed by atoms with van der Waals surface area (Å²) in [4.78, 5) is 26.4. The van der Waals surface area contributed by atoms with Crippen molar-refractivity contribution in [2.75, 3.05) is 17.3 Å². The number of thiocarbonyl (C=S) groups is 1. The third kappa shape index (κ3) is 4.33. The van der Waals surface area contributed by atoms with Crippen molar-refractivity contribution in [1.29, 1.82) is 0 Å². The van der Waals surface area contributed by atoms with E-state index in [0.29, 0.717) is 33.6 Å². The van der Waals surface area contributed by atoms with Crippen LogP contribution in [0.2, 0.25) is 0 Å². The minimum atomic E-state index is -0.864. The van der Waals surface area contributed by atoms with Crippen molar-refractivity contribution in [2.45, 2.75) is 19.9 Å². The highest BCUT2D eigenvalue weighted by Crippen LogP contribution is 2.37. The zero-order valence-electron chi connectivity index (χ0n) is 18.6. The lowest BCUT2D eigenvalue weighted by Crippen LogP contribution is -2.48. The normalized spacial score (nSPS) is 15.7. The molecule has 1 aromatic heterocycles. The van der Waals surface area contributed by atoms with Crippen molar-refractivity contribution in [2.24, 2.45) is 0 Å². The monoisotopic (exact) mass is 479 g/mol. The van der Waals surface area contributed by atoms with Crippen LogP contribution in [0.5, 0.6) is 5.75 Å². The Kier molecular flexibility index (Phi) is 6.28. The van der Waals surface area contributed by atoms with E-state index in [1.807, 2.05) is 0 Å². The van der Waals surface area contributed by atoms with Crippen molar-refractivity contribution in [1.82, 2.24) is 10.5 Å². The number of amides is 1. The number of benzene rings is 2. The average Bonchev–Trinajstić information content (AvgIpc) is 3.23. The van der Waals surface area contributed by atoms with E-state index in [1.165, 1.54) is 6.07 Å². The van der Waals surface area contributed by atoms with Crippen molar-refractivity contribution in [3.8, 4) is 5.75 Å². The fraction of sp³-hybridized carbons (Fsp3) is 0.174. The summed E-state index contributed by atoms with van der Waals surface area (Å²) in [6.45, 7) is 3.44. The second-order valence-corrected chi connectivity index (χ2v) is 7.89. The van der Waals surface area contributed by atoms with E-state index in [1.54, 1.807) is 74.4 Å². The number of aryl methyl sites for hydroxylation is 1. The fourth-order valence-corrected chi connectivity index (χ4v) is 4.18. The SMILES string of the molecule is COc1ccc(N2C(=S)N[C@H](c3ccccc3[N+](=O)[O-])C(C(=O)Nc3cc(C)on3)=C2C)cc1. The maximum absolute atomic E-state index is 13.5. The topological polar surface area (TPSA) is 123 Å². The van der Waals surface area contributed by atoms with Gasteiger partial charge in [0.2, 0.25) is 0 Å². The van der Waals surface area contributed by atoms with E-state index in [-0.39, 0.29) is 17.1 Å². The number of allylic oxidation sites excluding steroid dienone is 1. The predicted octanol–water partition coefficient (Wildman–Crippen LogP) is 4.25. The van der Waals surface area contributed by atoms with Gasteiger partial charge in [-0.25, -0.2) is 0 Å². The molecule has 2 N–H and O–H groups in total. The molecule has 174 valence electrons. The number of carbonyl (C=O) groups excluding carboxylic acids is 1. The van der Waals surface area contributed by atoms with Crippen LogP contribution in [0.1, 0.15) is 24.3 Å². The summed E-state index contributed by atoms with van der Waals surface area (Å²) in [5.41, 5.74) is 1.63. The summed E-state index contributed by atoms with van der Waals surface area (Å²) in [6.07, 6.45) is 0. The number of nitro benzene ring substituents is 1. The Labute approximate surface area is 200 Å². The number of nitrogens with one attached hydrogen (secondary N) is 2. The van der Waals surface area contributed by atoms with Gasteiger partial charge in [-0.3, -0.25) is 19.8 Å². The molecule has 1 aliphatic rings. The Morgan fingerprint density at radius 1 is 1.24 bits per heavy atom. The predicted molar refractivity (Wildman–Crippen MR) is 130 cm³/mol. The van der Waals surface area contributed by atoms with Crippen LogP contribution in [0.25, 0.3) is 0 Å². The second kappa shape index (κ2) is 9.32. The van der Waals surface area contributed by atoms with Crippen LogP contribution in [-0.4, -0.2) is 28.2 Å². The lowest BCUT2D eigenvalue weighted by molar-refractivity contribution is -0.385. The smallest absolute Gasteiger partial charge is 0.275 e. The van der Waals surface area contributed by atoms with Crippen LogP contribution >= 0.6 is 12.2 Å². The van der Waals surface area contributed by atoms with Crippen LogP contribution in [0.4, 0.5) is 17.2 Å². The molecule has 10 nitrogen and oxygen atoms in total. The van der Waals surface area contributed by atoms with E-state index in [4.69, 9.17) is 21.5 Å². The van der Waals surface area contributed by atoms with Crippen molar-refractivity contribution in [3.63, 3.8) is 0 Å². The Bertz CT molecular complexity index is 1300. The molecule has 1 atom stereocenters. The van der Waals surface area contributed by atoms with Crippen molar-refractivity contribution in [3.05, 3.63) is 87.3 Å². The second-order valence-electron chi connectivity index (χ2n) is 7.51. The van der Waals surface area contributed by atoms with Crippen LogP contribution in [-0.2, 0) is 4.79 Å². The van der Waals surface area contributed by atoms with Gasteiger partial charge in [-0.15, -0.1) is 0 Å². The molecule has 3 aromatic rings. The standard InChI is InChI=1S/C23H21N5O5S/c1-13-12-19(26-33-13)24-22(29)20-14(2)27(15-8-10-16(32-3)11-9-15)23(34)25-21(20)17-6-4-5-7-18(17)28(30)31/h4-12,21H,1-3H3,(H,25,34)(H,24,26,29)/t21-/m1/s1. The van der Waals surface area contributed by atoms with Gasteiger partial charge in [0.05, 0.1) is 29.2 Å². The minimum absolute atomic E-state index is 0.129. The summed E-state index contributed by atoms with van der Waals surface area (Å²) < 4.78 is 10.3. The molecule has 0 aliphatic carbocycles. The molecular weight excluding hydrogens is 458 g/mol. The largest absolute Gasteiger partial charge is 0.497 e. The highest BCUT2D eigenvalue weighted by molar-refractivity contribution is 7.80. The molecule has 11 heteroatoms. The number of nitrogens with zero attached hydrogens (tertiary/aromatic N) is 3. The Balaban J connectivity index is 1.84. The number of hydrogen-bond donors (Lipinski definition) is 2. The summed E-state index contributed by atoms with van der Waals surface area (Å²) in [5.74, 6) is 0.924. The molecule has 34 heavy (non-hydrogen) atoms. The van der Waals surface area contributed by atoms with Gasteiger partial charge in [0.1, 0.15) is 11.5 Å². The van der Waals surface area contributed by atoms with Gasteiger partial charge in [-0.05, 0) is 56.4 Å². The summed E-state index contributed by atoms with van der Waals surface area (Å²) >= 11 is 5.63. The molecule has 4 rings (SSSR count). The Hall–Kier alpha value is -4.25. The first-order valence-corrected chi connectivity index (χ1v) is 10.6. The summed E-state index contributed by atoms with van der Waals surface area (Å²) in [7, 11) is 1.57. The van der Waals surface area contributed by atoms with E-state index in [9.17, 15) is 14.9 Å². The number of hydrogen-bond acceptors (Lipinski definition) is 7. The number of methoxy groups -OCH3 is 1. The number of aromatic nitrogens is 1. The first kappa shape index (κ1) is 22.9. The van der Waals surface area contributed by atoms with E-state index >= 15 is 0 Å². The average molecular weight is 480 g/mol. The number of ether oxygens (including phenoxy) is 1. The van der Waals surface area contributed by atoms with Crippen molar-refractivity contribution >= 4 is 40.4 Å². The number of carbonyl (C=O) groups is 1. The third-order valence-electron chi connectivity index (χ3n) is 5.37. The van der Waals surface area contributed by atoms with Gasteiger partial charge in [0, 0.05) is 23.5 Å². The molecular formula is C23H21N5O5S. The molecule has 1 aliphatic heterocycles. The molecule has 0 fully saturated rings. The highest BCUT2D eigenvalue weighted by Gasteiger charge is 2.37. The zero-order chi connectivity index (χ0) is 24.4. The van der Waals surface area contributed by atoms with Gasteiger partial charge in [-0.1, -0.05) is 17.3 Å². The lowest BCUT2D eigenvalue weighted by atomic mass is 9.93. The summed E-state index contributed by atoms with van der Waals surface area (Å²) in [6, 6.07) is 14.1. The number of para-hydroxylation sites is 1. The van der Waals surface area contributed by atoms with E-state index in [0.717, 1.165) is 0 Å². The van der Waals surface area contributed by atoms with Crippen LogP contribution in [0, 0.1) is 17.0 Å². The van der Waals surface area contributed by atoms with E-state index < -0.39 is 16.9 Å². The van der Waals surface area contributed by atoms with Gasteiger partial charge in [0.25, 0.3) is 11.6 Å². The maximum Gasteiger partial charge on any atom is 0.275 e. The van der Waals surface area contributed by atoms with Gasteiger partial charge >= 0.3 is 0 Å².